The summed E-state index contributed by atoms with van der Waals surface area (Å²) in [6.45, 7) is 11.5. The Morgan fingerprint density at radius 3 is 1.93 bits per heavy atom. The molecule has 0 saturated carbocycles. The van der Waals surface area contributed by atoms with Crippen molar-refractivity contribution in [3.8, 4) is 0 Å². The van der Waals surface area contributed by atoms with Crippen molar-refractivity contribution in [3.63, 3.8) is 0 Å². The fraction of sp³-hybridized carbons (Fsp3) is 1.00. The Kier molecular flexibility index (Phi) is 7.15. The van der Waals surface area contributed by atoms with Crippen LogP contribution in [0.1, 0.15) is 27.7 Å². The summed E-state index contributed by atoms with van der Waals surface area (Å²) in [5.41, 5.74) is 5.68. The minimum atomic E-state index is 0.190. The fourth-order valence-corrected chi connectivity index (χ4v) is 2.23. The van der Waals surface area contributed by atoms with Crippen molar-refractivity contribution in [3.05, 3.63) is 0 Å². The topological polar surface area (TPSA) is 49.5 Å². The number of rotatable bonds is 7. The van der Waals surface area contributed by atoms with Crippen LogP contribution in [0.25, 0.3) is 0 Å². The first-order valence-electron chi connectivity index (χ1n) is 5.67. The van der Waals surface area contributed by atoms with E-state index in [9.17, 15) is 5.11 Å². The Labute approximate surface area is 88.3 Å². The Bertz CT molecular complexity index is 119. The Hall–Kier alpha value is -0.120. The highest BCUT2D eigenvalue weighted by molar-refractivity contribution is 4.81. The number of hydrogen-bond donors (Lipinski definition) is 2. The van der Waals surface area contributed by atoms with E-state index in [-0.39, 0.29) is 12.5 Å². The average Bonchev–Trinajstić information content (AvgIpc) is 2.18. The second kappa shape index (κ2) is 7.21. The molecule has 0 aromatic heterocycles. The molecular formula is C11H26N2O. The van der Waals surface area contributed by atoms with Gasteiger partial charge >= 0.3 is 0 Å². The molecule has 3 N–H and O–H groups in total. The van der Waals surface area contributed by atoms with Gasteiger partial charge in [-0.2, -0.15) is 0 Å². The molecular weight excluding hydrogens is 176 g/mol. The first kappa shape index (κ1) is 13.9. The summed E-state index contributed by atoms with van der Waals surface area (Å²) >= 11 is 0. The maximum atomic E-state index is 9.28. The number of aliphatic hydroxyl groups excluding tert-OH is 1. The van der Waals surface area contributed by atoms with Crippen LogP contribution < -0.4 is 5.73 Å². The molecule has 0 amide bonds. The van der Waals surface area contributed by atoms with Crippen molar-refractivity contribution in [1.29, 1.82) is 0 Å². The molecule has 0 aliphatic rings. The molecule has 0 aliphatic heterocycles. The van der Waals surface area contributed by atoms with Crippen molar-refractivity contribution >= 4 is 0 Å². The lowest BCUT2D eigenvalue weighted by Gasteiger charge is -2.37. The van der Waals surface area contributed by atoms with E-state index in [1.54, 1.807) is 0 Å². The van der Waals surface area contributed by atoms with Crippen molar-refractivity contribution in [2.75, 3.05) is 26.2 Å². The lowest BCUT2D eigenvalue weighted by molar-refractivity contribution is 0.0779. The predicted molar refractivity (Wildman–Crippen MR) is 61.2 cm³/mol. The Morgan fingerprint density at radius 1 is 1.21 bits per heavy atom. The zero-order chi connectivity index (χ0) is 11.1. The zero-order valence-corrected chi connectivity index (χ0v) is 10.0. The van der Waals surface area contributed by atoms with Crippen LogP contribution in [-0.2, 0) is 0 Å². The van der Waals surface area contributed by atoms with E-state index < -0.39 is 0 Å². The molecule has 0 fully saturated rings. The Morgan fingerprint density at radius 2 is 1.71 bits per heavy atom. The van der Waals surface area contributed by atoms with Crippen molar-refractivity contribution in [1.82, 2.24) is 4.90 Å². The van der Waals surface area contributed by atoms with Crippen LogP contribution in [0.5, 0.6) is 0 Å². The van der Waals surface area contributed by atoms with Gasteiger partial charge in [-0.15, -0.1) is 0 Å². The van der Waals surface area contributed by atoms with Gasteiger partial charge in [0.15, 0.2) is 0 Å². The molecule has 0 rings (SSSR count). The monoisotopic (exact) mass is 202 g/mol. The fourth-order valence-electron chi connectivity index (χ4n) is 2.23. The van der Waals surface area contributed by atoms with Gasteiger partial charge in [0.1, 0.15) is 0 Å². The molecule has 0 aromatic carbocycles. The minimum Gasteiger partial charge on any atom is -0.396 e. The van der Waals surface area contributed by atoms with Crippen molar-refractivity contribution in [2.45, 2.75) is 33.7 Å². The van der Waals surface area contributed by atoms with Gasteiger partial charge in [0.05, 0.1) is 0 Å². The summed E-state index contributed by atoms with van der Waals surface area (Å²) in [7, 11) is 0. The number of nitrogens with zero attached hydrogens (tertiary/aromatic N) is 1. The SMILES string of the molecule is CCN(CC)[C@H](C(C)C)[C@H](CN)CO. The maximum absolute atomic E-state index is 9.28. The molecule has 0 radical (unpaired) electrons. The first-order chi connectivity index (χ1) is 6.62. The maximum Gasteiger partial charge on any atom is 0.0486 e. The van der Waals surface area contributed by atoms with Gasteiger partial charge in [-0.3, -0.25) is 0 Å². The first-order valence-corrected chi connectivity index (χ1v) is 5.67. The third-order valence-electron chi connectivity index (χ3n) is 2.94. The smallest absolute Gasteiger partial charge is 0.0486 e. The van der Waals surface area contributed by atoms with Crippen LogP contribution in [0, 0.1) is 11.8 Å². The van der Waals surface area contributed by atoms with Crippen LogP contribution in [0.3, 0.4) is 0 Å². The van der Waals surface area contributed by atoms with Gasteiger partial charge in [0, 0.05) is 18.6 Å². The van der Waals surface area contributed by atoms with E-state index in [1.165, 1.54) is 0 Å². The third kappa shape index (κ3) is 3.56. The summed E-state index contributed by atoms with van der Waals surface area (Å²) in [5, 5.41) is 9.28. The van der Waals surface area contributed by atoms with Crippen LogP contribution >= 0.6 is 0 Å². The predicted octanol–water partition coefficient (Wildman–Crippen LogP) is 0.920. The molecule has 0 aliphatic carbocycles. The van der Waals surface area contributed by atoms with Gasteiger partial charge in [-0.1, -0.05) is 27.7 Å². The number of aliphatic hydroxyl groups is 1. The van der Waals surface area contributed by atoms with Gasteiger partial charge in [0.25, 0.3) is 0 Å². The van der Waals surface area contributed by atoms with E-state index in [0.717, 1.165) is 13.1 Å². The number of nitrogens with two attached hydrogens (primary N) is 1. The van der Waals surface area contributed by atoms with Crippen molar-refractivity contribution in [2.24, 2.45) is 17.6 Å². The Balaban J connectivity index is 4.54. The number of hydrogen-bond acceptors (Lipinski definition) is 3. The molecule has 3 heteroatoms. The summed E-state index contributed by atoms with van der Waals surface area (Å²) in [5.74, 6) is 0.741. The molecule has 86 valence electrons. The highest BCUT2D eigenvalue weighted by atomic mass is 16.3. The highest BCUT2D eigenvalue weighted by Gasteiger charge is 2.26. The second-order valence-corrected chi connectivity index (χ2v) is 4.13. The molecule has 0 saturated heterocycles. The quantitative estimate of drug-likeness (QED) is 0.645. The lowest BCUT2D eigenvalue weighted by atomic mass is 9.89. The summed E-state index contributed by atoms with van der Waals surface area (Å²) < 4.78 is 0. The lowest BCUT2D eigenvalue weighted by Crippen LogP contribution is -2.47. The van der Waals surface area contributed by atoms with E-state index >= 15 is 0 Å². The highest BCUT2D eigenvalue weighted by Crippen LogP contribution is 2.18. The van der Waals surface area contributed by atoms with Crippen LogP contribution in [0.2, 0.25) is 0 Å². The molecule has 0 unspecified atom stereocenters. The van der Waals surface area contributed by atoms with Gasteiger partial charge in [-0.25, -0.2) is 0 Å². The largest absolute Gasteiger partial charge is 0.396 e. The minimum absolute atomic E-state index is 0.190. The standard InChI is InChI=1S/C11H26N2O/c1-5-13(6-2)11(9(3)4)10(7-12)8-14/h9-11,14H,5-8,12H2,1-4H3/t10-,11-/m1/s1. The second-order valence-electron chi connectivity index (χ2n) is 4.13. The molecule has 0 aromatic rings. The molecule has 2 atom stereocenters. The van der Waals surface area contributed by atoms with Crippen LogP contribution in [0.4, 0.5) is 0 Å². The van der Waals surface area contributed by atoms with Gasteiger partial charge < -0.3 is 15.7 Å². The van der Waals surface area contributed by atoms with Crippen LogP contribution in [0.15, 0.2) is 0 Å². The molecule has 0 heterocycles. The van der Waals surface area contributed by atoms with Crippen LogP contribution in [-0.4, -0.2) is 42.3 Å². The normalized spacial score (nSPS) is 16.3. The molecule has 3 nitrogen and oxygen atoms in total. The van der Waals surface area contributed by atoms with E-state index in [0.29, 0.717) is 18.5 Å². The molecule has 0 bridgehead atoms. The van der Waals surface area contributed by atoms with Gasteiger partial charge in [0.2, 0.25) is 0 Å². The average molecular weight is 202 g/mol. The molecule has 0 spiro atoms. The summed E-state index contributed by atoms with van der Waals surface area (Å²) in [4.78, 5) is 2.39. The zero-order valence-electron chi connectivity index (χ0n) is 10.0. The van der Waals surface area contributed by atoms with Crippen molar-refractivity contribution < 1.29 is 5.11 Å². The van der Waals surface area contributed by atoms with E-state index in [2.05, 4.69) is 32.6 Å². The summed E-state index contributed by atoms with van der Waals surface area (Å²) in [6, 6.07) is 0.403. The summed E-state index contributed by atoms with van der Waals surface area (Å²) in [6.07, 6.45) is 0. The molecule has 14 heavy (non-hydrogen) atoms. The van der Waals surface area contributed by atoms with Gasteiger partial charge in [-0.05, 0) is 25.6 Å². The third-order valence-corrected chi connectivity index (χ3v) is 2.94. The van der Waals surface area contributed by atoms with E-state index in [4.69, 9.17) is 5.73 Å². The van der Waals surface area contributed by atoms with E-state index in [1.807, 2.05) is 0 Å².